The van der Waals surface area contributed by atoms with Crippen LogP contribution in [0, 0.1) is 23.7 Å². The first kappa shape index (κ1) is 24.6. The minimum atomic E-state index is -2.78. The highest BCUT2D eigenvalue weighted by molar-refractivity contribution is 6.32. The van der Waals surface area contributed by atoms with Crippen LogP contribution < -0.4 is 16.8 Å². The van der Waals surface area contributed by atoms with Gasteiger partial charge in [-0.1, -0.05) is 6.07 Å². The minimum Gasteiger partial charge on any atom is -0.505 e. The molecule has 1 aromatic rings. The van der Waals surface area contributed by atoms with E-state index in [-0.39, 0.29) is 30.6 Å². The average molecular weight is 486 g/mol. The molecule has 0 aromatic heterocycles. The summed E-state index contributed by atoms with van der Waals surface area (Å²) in [5.74, 6) is -11.9. The Morgan fingerprint density at radius 1 is 1.17 bits per heavy atom. The maximum Gasteiger partial charge on any atom is 0.238 e. The van der Waals surface area contributed by atoms with Gasteiger partial charge in [-0.15, -0.1) is 0 Å². The van der Waals surface area contributed by atoms with Gasteiger partial charge in [0.2, 0.25) is 11.8 Å². The van der Waals surface area contributed by atoms with Gasteiger partial charge in [0.15, 0.2) is 34.7 Å². The number of Topliss-reactive ketones (excluding diaryl/α,β-unsaturated/α-hetero) is 4. The first-order valence-electron chi connectivity index (χ1n) is 11.1. The van der Waals surface area contributed by atoms with Crippen LogP contribution in [0.1, 0.15) is 22.3 Å². The second-order valence-corrected chi connectivity index (χ2v) is 9.54. The Morgan fingerprint density at radius 3 is 2.40 bits per heavy atom. The number of hydrogen-bond acceptors (Lipinski definition) is 10. The van der Waals surface area contributed by atoms with Crippen LogP contribution in [0.4, 0.5) is 5.69 Å². The van der Waals surface area contributed by atoms with Crippen molar-refractivity contribution in [2.24, 2.45) is 35.1 Å². The summed E-state index contributed by atoms with van der Waals surface area (Å²) in [4.78, 5) is 78.4. The van der Waals surface area contributed by atoms with Gasteiger partial charge in [-0.3, -0.25) is 33.7 Å². The molecule has 3 aliphatic carbocycles. The number of rotatable bonds is 4. The average Bonchev–Trinajstić information content (AvgIpc) is 2.77. The molecular weight excluding hydrogens is 460 g/mol. The van der Waals surface area contributed by atoms with Gasteiger partial charge in [0, 0.05) is 5.92 Å². The summed E-state index contributed by atoms with van der Waals surface area (Å²) >= 11 is 0. The fourth-order valence-corrected chi connectivity index (χ4v) is 5.88. The normalized spacial score (nSPS) is 32.1. The zero-order chi connectivity index (χ0) is 26.0. The lowest BCUT2D eigenvalue weighted by Gasteiger charge is -2.52. The van der Waals surface area contributed by atoms with Crippen molar-refractivity contribution < 1.29 is 39.0 Å². The molecule has 2 unspecified atom stereocenters. The molecule has 0 heterocycles. The van der Waals surface area contributed by atoms with Gasteiger partial charge in [0.1, 0.15) is 5.75 Å². The molecule has 186 valence electrons. The highest BCUT2D eigenvalue weighted by Crippen LogP contribution is 2.51. The zero-order valence-electron chi connectivity index (χ0n) is 19.1. The summed E-state index contributed by atoms with van der Waals surface area (Å²) in [6.45, 7) is -0.364. The number of hydrogen-bond donors (Lipinski definition) is 5. The van der Waals surface area contributed by atoms with Crippen molar-refractivity contribution in [3.8, 4) is 5.75 Å². The van der Waals surface area contributed by atoms with Gasteiger partial charge in [-0.2, -0.15) is 0 Å². The van der Waals surface area contributed by atoms with Crippen LogP contribution in [-0.4, -0.2) is 82.3 Å². The van der Waals surface area contributed by atoms with Crippen LogP contribution in [0.3, 0.4) is 0 Å². The molecule has 12 heteroatoms. The number of benzene rings is 1. The molecule has 0 radical (unpaired) electrons. The third-order valence-corrected chi connectivity index (χ3v) is 7.39. The number of aromatic hydroxyl groups is 1. The van der Waals surface area contributed by atoms with Gasteiger partial charge in [0.25, 0.3) is 0 Å². The minimum absolute atomic E-state index is 0.0314. The Hall–Kier alpha value is -3.48. The largest absolute Gasteiger partial charge is 0.505 e. The van der Waals surface area contributed by atoms with Crippen LogP contribution >= 0.6 is 0 Å². The van der Waals surface area contributed by atoms with E-state index in [9.17, 15) is 39.0 Å². The smallest absolute Gasteiger partial charge is 0.238 e. The molecule has 12 nitrogen and oxygen atoms in total. The van der Waals surface area contributed by atoms with Crippen LogP contribution in [-0.2, 0) is 30.4 Å². The number of carbonyl (C=O) groups excluding carboxylic acids is 6. The van der Waals surface area contributed by atoms with E-state index in [1.54, 1.807) is 0 Å². The number of nitrogens with two attached hydrogens (primary N) is 2. The summed E-state index contributed by atoms with van der Waals surface area (Å²) in [6, 6.07) is 1.79. The Morgan fingerprint density at radius 2 is 1.83 bits per heavy atom. The number of primary amides is 1. The molecule has 0 bridgehead atoms. The van der Waals surface area contributed by atoms with E-state index in [1.165, 1.54) is 31.1 Å². The van der Waals surface area contributed by atoms with Crippen LogP contribution in [0.25, 0.3) is 0 Å². The molecule has 2 amide bonds. The third kappa shape index (κ3) is 3.39. The standard InChI is InChI=1S/C23H26N4O8/c1-27(2)16-10-6-9-5-8-3-4-11(26-12(28)7-24)17(29)13(8)18(30)14(9)20(32)23(10,35)21(33)15(19(16)31)22(25)34/h3-4,9-10,14-16,29,35H,5-7,24H2,1-2H3,(H2,25,34)(H,26,28)/t9-,10-,14?,15?,16-,23-/m1/s1. The predicted octanol–water partition coefficient (Wildman–Crippen LogP) is -2.24. The zero-order valence-corrected chi connectivity index (χ0v) is 19.1. The number of amides is 2. The van der Waals surface area contributed by atoms with E-state index >= 15 is 0 Å². The summed E-state index contributed by atoms with van der Waals surface area (Å²) < 4.78 is 0. The predicted molar refractivity (Wildman–Crippen MR) is 119 cm³/mol. The summed E-state index contributed by atoms with van der Waals surface area (Å²) in [6.07, 6.45) is 0.112. The van der Waals surface area contributed by atoms with Crippen LogP contribution in [0.2, 0.25) is 0 Å². The number of carbonyl (C=O) groups is 6. The van der Waals surface area contributed by atoms with Gasteiger partial charge in [-0.25, -0.2) is 0 Å². The summed E-state index contributed by atoms with van der Waals surface area (Å²) in [5.41, 5.74) is 7.92. The van der Waals surface area contributed by atoms with E-state index < -0.39 is 76.0 Å². The van der Waals surface area contributed by atoms with Crippen molar-refractivity contribution in [2.75, 3.05) is 26.0 Å². The number of phenolic OH excluding ortho intramolecular Hbond substituents is 1. The van der Waals surface area contributed by atoms with Crippen molar-refractivity contribution in [1.82, 2.24) is 4.90 Å². The number of ketones is 4. The third-order valence-electron chi connectivity index (χ3n) is 7.39. The van der Waals surface area contributed by atoms with Gasteiger partial charge < -0.3 is 27.0 Å². The van der Waals surface area contributed by atoms with Crippen LogP contribution in [0.15, 0.2) is 12.1 Å². The fraction of sp³-hybridized carbons (Fsp3) is 0.478. The molecule has 0 saturated heterocycles. The molecule has 6 atom stereocenters. The molecule has 7 N–H and O–H groups in total. The van der Waals surface area contributed by atoms with E-state index in [1.807, 2.05) is 0 Å². The quantitative estimate of drug-likeness (QED) is 0.228. The summed E-state index contributed by atoms with van der Waals surface area (Å²) in [5, 5.41) is 24.6. The highest BCUT2D eigenvalue weighted by Gasteiger charge is 2.69. The molecular formula is C23H26N4O8. The molecule has 35 heavy (non-hydrogen) atoms. The second-order valence-electron chi connectivity index (χ2n) is 9.54. The topological polar surface area (TPSA) is 210 Å². The van der Waals surface area contributed by atoms with E-state index in [4.69, 9.17) is 11.5 Å². The van der Waals surface area contributed by atoms with Crippen molar-refractivity contribution in [3.63, 3.8) is 0 Å². The number of phenols is 1. The van der Waals surface area contributed by atoms with Gasteiger partial charge in [-0.05, 0) is 44.5 Å². The maximum atomic E-state index is 13.7. The number of fused-ring (bicyclic) bond motifs is 3. The molecule has 1 aromatic carbocycles. The SMILES string of the molecule is CN(C)[C@H]1C(=O)C(C(N)=O)C(=O)[C@]2(O)C(=O)C3C(=O)c4c(ccc(NC(=O)CN)c4O)C[C@@H]3C[C@H]12. The maximum absolute atomic E-state index is 13.7. The lowest BCUT2D eigenvalue weighted by Crippen LogP contribution is -2.74. The first-order valence-corrected chi connectivity index (χ1v) is 11.1. The van der Waals surface area contributed by atoms with E-state index in [0.717, 1.165) is 0 Å². The molecule has 0 aliphatic heterocycles. The van der Waals surface area contributed by atoms with Gasteiger partial charge in [0.05, 0.1) is 29.8 Å². The molecule has 2 fully saturated rings. The fourth-order valence-electron chi connectivity index (χ4n) is 5.88. The molecule has 3 aliphatic rings. The van der Waals surface area contributed by atoms with Crippen LogP contribution in [0.5, 0.6) is 5.75 Å². The van der Waals surface area contributed by atoms with Crippen molar-refractivity contribution in [2.45, 2.75) is 24.5 Å². The van der Waals surface area contributed by atoms with Crippen molar-refractivity contribution >= 4 is 40.6 Å². The highest BCUT2D eigenvalue weighted by atomic mass is 16.3. The number of aliphatic hydroxyl groups is 1. The Kier molecular flexibility index (Phi) is 5.86. The Balaban J connectivity index is 1.82. The first-order chi connectivity index (χ1) is 16.4. The van der Waals surface area contributed by atoms with Crippen molar-refractivity contribution in [3.05, 3.63) is 23.3 Å². The number of likely N-dealkylation sites (N-methyl/N-ethyl adjacent to an activating group) is 1. The number of nitrogens with one attached hydrogen (secondary N) is 1. The number of anilines is 1. The molecule has 4 rings (SSSR count). The van der Waals surface area contributed by atoms with Crippen molar-refractivity contribution in [1.29, 1.82) is 0 Å². The van der Waals surface area contributed by atoms with Gasteiger partial charge >= 0.3 is 0 Å². The monoisotopic (exact) mass is 486 g/mol. The second kappa shape index (κ2) is 8.33. The molecule has 0 spiro atoms. The Bertz CT molecular complexity index is 1190. The molecule has 2 saturated carbocycles. The lowest BCUT2D eigenvalue weighted by molar-refractivity contribution is -0.181. The lowest BCUT2D eigenvalue weighted by atomic mass is 9.52. The number of nitrogens with zero attached hydrogens (tertiary/aromatic N) is 1. The summed E-state index contributed by atoms with van der Waals surface area (Å²) in [7, 11) is 3.04. The van der Waals surface area contributed by atoms with E-state index in [0.29, 0.717) is 5.56 Å². The van der Waals surface area contributed by atoms with E-state index in [2.05, 4.69) is 5.32 Å². The Labute approximate surface area is 199 Å².